The van der Waals surface area contributed by atoms with Crippen LogP contribution in [0.25, 0.3) is 0 Å². The largest absolute Gasteiger partial charge is 0.455 e. The molecule has 6 nitrogen and oxygen atoms in total. The summed E-state index contributed by atoms with van der Waals surface area (Å²) in [7, 11) is 0. The van der Waals surface area contributed by atoms with Crippen molar-refractivity contribution >= 4 is 23.2 Å². The van der Waals surface area contributed by atoms with E-state index in [2.05, 4.69) is 15.6 Å². The van der Waals surface area contributed by atoms with Crippen molar-refractivity contribution in [2.24, 2.45) is 5.92 Å². The van der Waals surface area contributed by atoms with Gasteiger partial charge in [-0.25, -0.2) is 0 Å². The maximum absolute atomic E-state index is 12.4. The number of para-hydroxylation sites is 1. The molecule has 2 aromatic carbocycles. The number of carbonyl (C=O) groups excluding carboxylic acids is 2. The molecule has 1 aromatic heterocycles. The molecular formula is C24H23N3O3. The minimum Gasteiger partial charge on any atom is -0.455 e. The van der Waals surface area contributed by atoms with Gasteiger partial charge in [0.1, 0.15) is 11.5 Å². The Morgan fingerprint density at radius 2 is 2.07 bits per heavy atom. The number of ether oxygens (including phenoxy) is 1. The highest BCUT2D eigenvalue weighted by Crippen LogP contribution is 2.29. The number of aryl methyl sites for hydroxylation is 1. The molecule has 1 unspecified atom stereocenters. The number of anilines is 2. The Hall–Kier alpha value is -3.67. The molecule has 0 saturated heterocycles. The quantitative estimate of drug-likeness (QED) is 0.627. The number of amides is 2. The molecule has 0 spiro atoms. The Morgan fingerprint density at radius 3 is 2.87 bits per heavy atom. The highest BCUT2D eigenvalue weighted by Gasteiger charge is 2.26. The molecule has 152 valence electrons. The number of carbonyl (C=O) groups is 2. The van der Waals surface area contributed by atoms with Gasteiger partial charge in [0.15, 0.2) is 0 Å². The second-order valence-corrected chi connectivity index (χ2v) is 7.41. The van der Waals surface area contributed by atoms with Crippen molar-refractivity contribution in [2.45, 2.75) is 26.2 Å². The van der Waals surface area contributed by atoms with E-state index in [0.29, 0.717) is 30.0 Å². The number of aromatic nitrogens is 1. The molecular weight excluding hydrogens is 378 g/mol. The summed E-state index contributed by atoms with van der Waals surface area (Å²) in [5.74, 6) is 1.04. The zero-order valence-electron chi connectivity index (χ0n) is 16.7. The number of fused-ring (bicyclic) bond motifs is 1. The fraction of sp³-hybridized carbons (Fsp3) is 0.208. The van der Waals surface area contributed by atoms with E-state index in [9.17, 15) is 9.59 Å². The van der Waals surface area contributed by atoms with Crippen LogP contribution >= 0.6 is 0 Å². The summed E-state index contributed by atoms with van der Waals surface area (Å²) in [5, 5.41) is 5.84. The van der Waals surface area contributed by atoms with Crippen molar-refractivity contribution in [1.82, 2.24) is 4.98 Å². The van der Waals surface area contributed by atoms with E-state index in [0.717, 1.165) is 16.8 Å². The zero-order valence-corrected chi connectivity index (χ0v) is 16.7. The molecule has 30 heavy (non-hydrogen) atoms. The lowest BCUT2D eigenvalue weighted by Crippen LogP contribution is -2.30. The van der Waals surface area contributed by atoms with Gasteiger partial charge in [0.2, 0.25) is 11.8 Å². The highest BCUT2D eigenvalue weighted by atomic mass is 16.5. The first-order chi connectivity index (χ1) is 14.6. The molecule has 0 fully saturated rings. The van der Waals surface area contributed by atoms with Gasteiger partial charge >= 0.3 is 0 Å². The number of benzene rings is 2. The van der Waals surface area contributed by atoms with Crippen LogP contribution in [-0.2, 0) is 16.0 Å². The lowest BCUT2D eigenvalue weighted by molar-refractivity contribution is -0.121. The number of hydrogen-bond donors (Lipinski definition) is 2. The minimum absolute atomic E-state index is 0.0192. The summed E-state index contributed by atoms with van der Waals surface area (Å²) in [6, 6.07) is 16.9. The first kappa shape index (κ1) is 19.6. The average molecular weight is 401 g/mol. The van der Waals surface area contributed by atoms with Crippen LogP contribution in [0.1, 0.15) is 24.0 Å². The van der Waals surface area contributed by atoms with Gasteiger partial charge in [-0.15, -0.1) is 0 Å². The third-order valence-corrected chi connectivity index (χ3v) is 5.15. The lowest BCUT2D eigenvalue weighted by atomic mass is 9.89. The summed E-state index contributed by atoms with van der Waals surface area (Å²) in [6.45, 7) is 1.92. The van der Waals surface area contributed by atoms with Crippen LogP contribution in [0.15, 0.2) is 67.0 Å². The van der Waals surface area contributed by atoms with Gasteiger partial charge in [0.25, 0.3) is 0 Å². The fourth-order valence-corrected chi connectivity index (χ4v) is 3.55. The molecule has 2 heterocycles. The first-order valence-corrected chi connectivity index (χ1v) is 9.95. The van der Waals surface area contributed by atoms with E-state index in [4.69, 9.17) is 4.74 Å². The molecule has 2 amide bonds. The van der Waals surface area contributed by atoms with Crippen LogP contribution < -0.4 is 15.4 Å². The van der Waals surface area contributed by atoms with Gasteiger partial charge in [-0.2, -0.15) is 0 Å². The molecule has 0 aliphatic carbocycles. The van der Waals surface area contributed by atoms with Crippen molar-refractivity contribution in [3.8, 4) is 11.5 Å². The fourth-order valence-electron chi connectivity index (χ4n) is 3.55. The van der Waals surface area contributed by atoms with E-state index >= 15 is 0 Å². The van der Waals surface area contributed by atoms with Crippen molar-refractivity contribution in [2.75, 3.05) is 10.6 Å². The third-order valence-electron chi connectivity index (χ3n) is 5.15. The zero-order chi connectivity index (χ0) is 20.9. The number of nitrogens with zero attached hydrogens (tertiary/aromatic N) is 1. The number of nitrogens with one attached hydrogen (secondary N) is 2. The van der Waals surface area contributed by atoms with Crippen LogP contribution in [0.3, 0.4) is 0 Å². The Labute approximate surface area is 175 Å². The van der Waals surface area contributed by atoms with Crippen molar-refractivity contribution < 1.29 is 14.3 Å². The molecule has 6 heteroatoms. The second-order valence-electron chi connectivity index (χ2n) is 7.41. The number of rotatable bonds is 6. The van der Waals surface area contributed by atoms with Gasteiger partial charge in [-0.3, -0.25) is 14.6 Å². The topological polar surface area (TPSA) is 80.3 Å². The van der Waals surface area contributed by atoms with E-state index in [1.165, 1.54) is 0 Å². The van der Waals surface area contributed by atoms with Gasteiger partial charge in [-0.1, -0.05) is 18.2 Å². The van der Waals surface area contributed by atoms with Crippen LogP contribution in [0.5, 0.6) is 11.5 Å². The van der Waals surface area contributed by atoms with Gasteiger partial charge < -0.3 is 15.4 Å². The SMILES string of the molecule is Cc1cc(NC(=O)CCC2Cc3ccccc3NC2=O)ccc1Oc1cccnc1. The summed E-state index contributed by atoms with van der Waals surface area (Å²) in [5.41, 5.74) is 3.59. The second kappa shape index (κ2) is 8.78. The third kappa shape index (κ3) is 4.66. The van der Waals surface area contributed by atoms with Crippen molar-refractivity contribution in [3.05, 3.63) is 78.1 Å². The molecule has 0 radical (unpaired) electrons. The molecule has 3 aromatic rings. The Kier molecular flexibility index (Phi) is 5.75. The Morgan fingerprint density at radius 1 is 1.20 bits per heavy atom. The summed E-state index contributed by atoms with van der Waals surface area (Å²) in [6.07, 6.45) is 4.79. The molecule has 1 aliphatic heterocycles. The van der Waals surface area contributed by atoms with E-state index < -0.39 is 0 Å². The molecule has 2 N–H and O–H groups in total. The maximum atomic E-state index is 12.4. The molecule has 0 bridgehead atoms. The molecule has 4 rings (SSSR count). The van der Waals surface area contributed by atoms with E-state index in [1.54, 1.807) is 18.5 Å². The Bertz CT molecular complexity index is 1070. The number of hydrogen-bond acceptors (Lipinski definition) is 4. The Balaban J connectivity index is 1.32. The van der Waals surface area contributed by atoms with Crippen molar-refractivity contribution in [3.63, 3.8) is 0 Å². The average Bonchev–Trinajstić information content (AvgIpc) is 2.75. The van der Waals surface area contributed by atoms with E-state index in [1.807, 2.05) is 55.5 Å². The summed E-state index contributed by atoms with van der Waals surface area (Å²) in [4.78, 5) is 28.7. The lowest BCUT2D eigenvalue weighted by Gasteiger charge is -2.24. The van der Waals surface area contributed by atoms with Crippen LogP contribution in [0, 0.1) is 12.8 Å². The predicted molar refractivity (Wildman–Crippen MR) is 116 cm³/mol. The predicted octanol–water partition coefficient (Wildman–Crippen LogP) is 4.71. The van der Waals surface area contributed by atoms with Crippen LogP contribution in [0.4, 0.5) is 11.4 Å². The first-order valence-electron chi connectivity index (χ1n) is 9.95. The maximum Gasteiger partial charge on any atom is 0.227 e. The molecule has 1 aliphatic rings. The normalized spacial score (nSPS) is 15.1. The smallest absolute Gasteiger partial charge is 0.227 e. The van der Waals surface area contributed by atoms with Gasteiger partial charge in [-0.05, 0) is 67.3 Å². The molecule has 1 atom stereocenters. The summed E-state index contributed by atoms with van der Waals surface area (Å²) < 4.78 is 5.82. The highest BCUT2D eigenvalue weighted by molar-refractivity contribution is 5.96. The monoisotopic (exact) mass is 401 g/mol. The minimum atomic E-state index is -0.192. The van der Waals surface area contributed by atoms with Crippen LogP contribution in [0.2, 0.25) is 0 Å². The number of pyridine rings is 1. The standard InChI is InChI=1S/C24H23N3O3/c1-16-13-19(9-10-22(16)30-20-6-4-12-25-15-20)26-23(28)11-8-18-14-17-5-2-3-7-21(17)27-24(18)29/h2-7,9-10,12-13,15,18H,8,11,14H2,1H3,(H,26,28)(H,27,29). The summed E-state index contributed by atoms with van der Waals surface area (Å²) >= 11 is 0. The van der Waals surface area contributed by atoms with Crippen LogP contribution in [-0.4, -0.2) is 16.8 Å². The van der Waals surface area contributed by atoms with E-state index in [-0.39, 0.29) is 24.2 Å². The van der Waals surface area contributed by atoms with Gasteiger partial charge in [0.05, 0.1) is 6.20 Å². The molecule has 0 saturated carbocycles. The van der Waals surface area contributed by atoms with Crippen molar-refractivity contribution in [1.29, 1.82) is 0 Å². The van der Waals surface area contributed by atoms with Gasteiger partial charge in [0, 0.05) is 29.9 Å².